The van der Waals surface area contributed by atoms with E-state index in [0.717, 1.165) is 30.7 Å². The van der Waals surface area contributed by atoms with Gasteiger partial charge in [0.25, 0.3) is 0 Å². The molecule has 1 saturated heterocycles. The van der Waals surface area contributed by atoms with Crippen LogP contribution in [0.4, 0.5) is 0 Å². The number of amides is 1. The van der Waals surface area contributed by atoms with Crippen LogP contribution in [-0.2, 0) is 4.79 Å². The van der Waals surface area contributed by atoms with Gasteiger partial charge in [0, 0.05) is 6.54 Å². The van der Waals surface area contributed by atoms with Crippen molar-refractivity contribution in [3.8, 4) is 0 Å². The quantitative estimate of drug-likeness (QED) is 0.846. The lowest BCUT2D eigenvalue weighted by Crippen LogP contribution is -2.42. The predicted octanol–water partition coefficient (Wildman–Crippen LogP) is 2.62. The molecule has 0 aromatic heterocycles. The van der Waals surface area contributed by atoms with Gasteiger partial charge in [-0.3, -0.25) is 10.1 Å². The van der Waals surface area contributed by atoms with E-state index in [1.54, 1.807) is 0 Å². The molecule has 1 heterocycles. The molecule has 108 valence electrons. The molecule has 3 rings (SSSR count). The normalized spacial score (nSPS) is 41.8. The minimum Gasteiger partial charge on any atom is -0.326 e. The summed E-state index contributed by atoms with van der Waals surface area (Å²) in [6.07, 6.45) is 7.02. The Balaban J connectivity index is 1.65. The lowest BCUT2D eigenvalue weighted by Gasteiger charge is -2.31. The van der Waals surface area contributed by atoms with E-state index in [1.165, 1.54) is 25.7 Å². The van der Waals surface area contributed by atoms with E-state index in [-0.39, 0.29) is 12.2 Å². The molecule has 3 heteroatoms. The maximum atomic E-state index is 12.4. The summed E-state index contributed by atoms with van der Waals surface area (Å²) < 4.78 is 0. The lowest BCUT2D eigenvalue weighted by molar-refractivity contribution is -0.130. The number of rotatable bonds is 4. The molecule has 0 aromatic carbocycles. The minimum absolute atomic E-state index is 0.0161. The number of hydrogen-bond acceptors (Lipinski definition) is 2. The zero-order chi connectivity index (χ0) is 13.6. The topological polar surface area (TPSA) is 32.3 Å². The summed E-state index contributed by atoms with van der Waals surface area (Å²) >= 11 is 0. The average Bonchev–Trinajstić information content (AvgIpc) is 3.00. The van der Waals surface area contributed by atoms with E-state index < -0.39 is 0 Å². The molecule has 0 spiro atoms. The van der Waals surface area contributed by atoms with Gasteiger partial charge in [0.05, 0.1) is 12.2 Å². The van der Waals surface area contributed by atoms with Gasteiger partial charge in [0.1, 0.15) is 0 Å². The first-order valence-corrected chi connectivity index (χ1v) is 8.11. The Bertz CT molecular complexity index is 355. The third kappa shape index (κ3) is 2.54. The van der Waals surface area contributed by atoms with E-state index >= 15 is 0 Å². The Hall–Kier alpha value is -0.570. The molecule has 19 heavy (non-hydrogen) atoms. The van der Waals surface area contributed by atoms with E-state index in [1.807, 2.05) is 6.92 Å². The van der Waals surface area contributed by atoms with Crippen LogP contribution >= 0.6 is 0 Å². The molecular weight excluding hydrogens is 236 g/mol. The average molecular weight is 264 g/mol. The van der Waals surface area contributed by atoms with Crippen LogP contribution in [0.2, 0.25) is 0 Å². The Morgan fingerprint density at radius 2 is 2.11 bits per heavy atom. The van der Waals surface area contributed by atoms with Crippen LogP contribution in [0.3, 0.4) is 0 Å². The molecule has 3 nitrogen and oxygen atoms in total. The summed E-state index contributed by atoms with van der Waals surface area (Å²) in [4.78, 5) is 14.5. The van der Waals surface area contributed by atoms with Crippen molar-refractivity contribution in [2.75, 3.05) is 6.54 Å². The van der Waals surface area contributed by atoms with Crippen molar-refractivity contribution in [2.45, 2.75) is 65.1 Å². The second kappa shape index (κ2) is 5.08. The van der Waals surface area contributed by atoms with Crippen molar-refractivity contribution in [1.82, 2.24) is 10.2 Å². The van der Waals surface area contributed by atoms with Crippen LogP contribution in [0.25, 0.3) is 0 Å². The largest absolute Gasteiger partial charge is 0.326 e. The van der Waals surface area contributed by atoms with Gasteiger partial charge in [-0.1, -0.05) is 20.3 Å². The fraction of sp³-hybridized carbons (Fsp3) is 0.938. The number of nitrogens with zero attached hydrogens (tertiary/aromatic N) is 1. The Kier molecular flexibility index (Phi) is 3.59. The smallest absolute Gasteiger partial charge is 0.240 e. The molecule has 1 amide bonds. The molecule has 5 unspecified atom stereocenters. The maximum absolute atomic E-state index is 12.4. The highest BCUT2D eigenvalue weighted by Crippen LogP contribution is 2.48. The summed E-state index contributed by atoms with van der Waals surface area (Å²) in [7, 11) is 0. The third-order valence-electron chi connectivity index (χ3n) is 5.48. The van der Waals surface area contributed by atoms with Gasteiger partial charge in [-0.05, 0) is 56.3 Å². The summed E-state index contributed by atoms with van der Waals surface area (Å²) in [6, 6.07) is 0.0161. The van der Waals surface area contributed by atoms with Crippen molar-refractivity contribution in [3.05, 3.63) is 0 Å². The Labute approximate surface area is 117 Å². The highest BCUT2D eigenvalue weighted by atomic mass is 16.2. The molecule has 2 aliphatic carbocycles. The first-order chi connectivity index (χ1) is 9.04. The van der Waals surface area contributed by atoms with E-state index in [4.69, 9.17) is 0 Å². The highest BCUT2D eigenvalue weighted by Gasteiger charge is 2.43. The number of carbonyl (C=O) groups excluding carboxylic acids is 1. The summed E-state index contributed by atoms with van der Waals surface area (Å²) in [5.74, 6) is 3.63. The van der Waals surface area contributed by atoms with Crippen molar-refractivity contribution in [3.63, 3.8) is 0 Å². The number of nitrogens with one attached hydrogen (secondary N) is 1. The van der Waals surface area contributed by atoms with Crippen molar-refractivity contribution in [2.24, 2.45) is 23.7 Å². The van der Waals surface area contributed by atoms with Crippen LogP contribution in [0.15, 0.2) is 0 Å². The monoisotopic (exact) mass is 264 g/mol. The van der Waals surface area contributed by atoms with Gasteiger partial charge in [-0.2, -0.15) is 0 Å². The number of hydrogen-bond donors (Lipinski definition) is 1. The van der Waals surface area contributed by atoms with E-state index in [9.17, 15) is 4.79 Å². The minimum atomic E-state index is 0.0161. The van der Waals surface area contributed by atoms with Gasteiger partial charge in [0.2, 0.25) is 5.91 Å². The van der Waals surface area contributed by atoms with Crippen molar-refractivity contribution >= 4 is 5.91 Å². The fourth-order valence-corrected chi connectivity index (χ4v) is 4.56. The molecule has 3 fully saturated rings. The first kappa shape index (κ1) is 13.4. The van der Waals surface area contributed by atoms with Crippen molar-refractivity contribution < 1.29 is 4.79 Å². The molecule has 5 atom stereocenters. The summed E-state index contributed by atoms with van der Waals surface area (Å²) in [5, 5.41) is 3.48. The van der Waals surface area contributed by atoms with Gasteiger partial charge in [0.15, 0.2) is 0 Å². The third-order valence-corrected chi connectivity index (χ3v) is 5.48. The SMILES string of the molecule is CC(C)CC1NC(C)C(=O)N1CC1CC2CCC1C2. The zero-order valence-electron chi connectivity index (χ0n) is 12.6. The molecule has 3 aliphatic rings. The Morgan fingerprint density at radius 3 is 2.68 bits per heavy atom. The molecule has 1 aliphatic heterocycles. The van der Waals surface area contributed by atoms with Crippen LogP contribution < -0.4 is 5.32 Å². The molecule has 0 aromatic rings. The molecule has 1 N–H and O–H groups in total. The predicted molar refractivity (Wildman–Crippen MR) is 76.5 cm³/mol. The molecular formula is C16H28N2O. The van der Waals surface area contributed by atoms with Gasteiger partial charge in [-0.15, -0.1) is 0 Å². The first-order valence-electron chi connectivity index (χ1n) is 8.11. The van der Waals surface area contributed by atoms with Crippen LogP contribution in [-0.4, -0.2) is 29.6 Å². The van der Waals surface area contributed by atoms with Gasteiger partial charge < -0.3 is 4.90 Å². The Morgan fingerprint density at radius 1 is 1.32 bits per heavy atom. The molecule has 0 radical (unpaired) electrons. The lowest BCUT2D eigenvalue weighted by atomic mass is 9.88. The summed E-state index contributed by atoms with van der Waals surface area (Å²) in [6.45, 7) is 7.50. The van der Waals surface area contributed by atoms with Crippen LogP contribution in [0.5, 0.6) is 0 Å². The maximum Gasteiger partial charge on any atom is 0.240 e. The number of carbonyl (C=O) groups is 1. The van der Waals surface area contributed by atoms with Gasteiger partial charge in [-0.25, -0.2) is 0 Å². The second-order valence-corrected chi connectivity index (χ2v) is 7.46. The highest BCUT2D eigenvalue weighted by molar-refractivity contribution is 5.83. The zero-order valence-corrected chi connectivity index (χ0v) is 12.6. The van der Waals surface area contributed by atoms with E-state index in [0.29, 0.717) is 11.8 Å². The molecule has 2 bridgehead atoms. The standard InChI is InChI=1S/C16H28N2O/c1-10(2)6-15-17-11(3)16(19)18(15)9-14-8-12-4-5-13(14)7-12/h10-15,17H,4-9H2,1-3H3. The second-order valence-electron chi connectivity index (χ2n) is 7.46. The summed E-state index contributed by atoms with van der Waals surface area (Å²) in [5.41, 5.74) is 0. The molecule has 2 saturated carbocycles. The fourth-order valence-electron chi connectivity index (χ4n) is 4.56. The van der Waals surface area contributed by atoms with E-state index in [2.05, 4.69) is 24.1 Å². The van der Waals surface area contributed by atoms with Crippen molar-refractivity contribution in [1.29, 1.82) is 0 Å². The van der Waals surface area contributed by atoms with Gasteiger partial charge >= 0.3 is 0 Å². The van der Waals surface area contributed by atoms with Crippen LogP contribution in [0.1, 0.15) is 52.9 Å². The van der Waals surface area contributed by atoms with Crippen LogP contribution in [0, 0.1) is 23.7 Å². The number of fused-ring (bicyclic) bond motifs is 2.